The van der Waals surface area contributed by atoms with Gasteiger partial charge in [-0.05, 0) is 25.0 Å². The molecule has 1 aromatic heterocycles. The molecule has 0 aliphatic rings. The fraction of sp³-hybridized carbons (Fsp3) is 0.400. The molecule has 8 heteroatoms. The Morgan fingerprint density at radius 1 is 1.39 bits per heavy atom. The van der Waals surface area contributed by atoms with Gasteiger partial charge in [0.15, 0.2) is 5.82 Å². The predicted octanol–water partition coefficient (Wildman–Crippen LogP) is 2.05. The largest absolute Gasteiger partial charge is 0.353 e. The number of benzene rings is 1. The Bertz CT molecular complexity index is 688. The van der Waals surface area contributed by atoms with Crippen LogP contribution in [0, 0.1) is 11.7 Å². The normalized spacial score (nSPS) is 12.4. The Morgan fingerprint density at radius 2 is 2.13 bits per heavy atom. The highest BCUT2D eigenvalue weighted by atomic mass is 32.2. The highest BCUT2D eigenvalue weighted by Crippen LogP contribution is 2.22. The van der Waals surface area contributed by atoms with Crippen molar-refractivity contribution in [2.45, 2.75) is 32.0 Å². The van der Waals surface area contributed by atoms with Gasteiger partial charge in [0, 0.05) is 11.6 Å². The van der Waals surface area contributed by atoms with Crippen molar-refractivity contribution in [3.05, 3.63) is 30.1 Å². The molecule has 0 aliphatic carbocycles. The molecule has 0 radical (unpaired) electrons. The van der Waals surface area contributed by atoms with Crippen LogP contribution in [-0.2, 0) is 4.79 Å². The first kappa shape index (κ1) is 17.3. The van der Waals surface area contributed by atoms with Gasteiger partial charge in [0.1, 0.15) is 5.82 Å². The zero-order chi connectivity index (χ0) is 17.0. The lowest BCUT2D eigenvalue weighted by molar-refractivity contribution is -0.119. The van der Waals surface area contributed by atoms with Gasteiger partial charge < -0.3 is 11.2 Å². The van der Waals surface area contributed by atoms with Gasteiger partial charge in [-0.2, -0.15) is 0 Å². The number of carbonyl (C=O) groups excluding carboxylic acids is 1. The first-order valence-corrected chi connectivity index (χ1v) is 8.25. The van der Waals surface area contributed by atoms with Crippen molar-refractivity contribution in [1.82, 2.24) is 20.2 Å². The predicted molar refractivity (Wildman–Crippen MR) is 88.7 cm³/mol. The van der Waals surface area contributed by atoms with E-state index in [2.05, 4.69) is 15.5 Å². The quantitative estimate of drug-likeness (QED) is 0.622. The van der Waals surface area contributed by atoms with Crippen molar-refractivity contribution in [1.29, 1.82) is 0 Å². The minimum absolute atomic E-state index is 0.0912. The summed E-state index contributed by atoms with van der Waals surface area (Å²) in [7, 11) is 0. The van der Waals surface area contributed by atoms with Crippen molar-refractivity contribution in [3.63, 3.8) is 0 Å². The summed E-state index contributed by atoms with van der Waals surface area (Å²) >= 11 is 1.19. The molecule has 1 heterocycles. The van der Waals surface area contributed by atoms with E-state index in [9.17, 15) is 9.18 Å². The van der Waals surface area contributed by atoms with Crippen molar-refractivity contribution in [2.24, 2.45) is 5.92 Å². The van der Waals surface area contributed by atoms with Crippen LogP contribution in [0.1, 0.15) is 20.8 Å². The number of nitrogens with two attached hydrogens (primary N) is 1. The number of hydrogen-bond donors (Lipinski definition) is 2. The summed E-state index contributed by atoms with van der Waals surface area (Å²) in [5.41, 5.74) is 0.532. The van der Waals surface area contributed by atoms with Gasteiger partial charge in [-0.1, -0.05) is 37.7 Å². The molecule has 1 aromatic carbocycles. The maximum absolute atomic E-state index is 13.3. The summed E-state index contributed by atoms with van der Waals surface area (Å²) < 4.78 is 14.5. The van der Waals surface area contributed by atoms with Crippen LogP contribution in [0.15, 0.2) is 29.4 Å². The standard InChI is InChI=1S/C15H20FN5OS/c1-9(2)10(3)18-13(22)8-23-15-20-19-14(21(15)17)11-5-4-6-12(16)7-11/h4-7,9-10H,8,17H2,1-3H3,(H,18,22)/t10-/m0/s1. The summed E-state index contributed by atoms with van der Waals surface area (Å²) in [6, 6.07) is 6.05. The van der Waals surface area contributed by atoms with Gasteiger partial charge in [-0.25, -0.2) is 9.07 Å². The number of aromatic nitrogens is 3. The molecule has 23 heavy (non-hydrogen) atoms. The van der Waals surface area contributed by atoms with Crippen molar-refractivity contribution in [3.8, 4) is 11.4 Å². The molecule has 3 N–H and O–H groups in total. The van der Waals surface area contributed by atoms with Crippen LogP contribution >= 0.6 is 11.8 Å². The first-order valence-electron chi connectivity index (χ1n) is 7.27. The van der Waals surface area contributed by atoms with Crippen molar-refractivity contribution < 1.29 is 9.18 Å². The number of amides is 1. The van der Waals surface area contributed by atoms with E-state index < -0.39 is 0 Å². The Hall–Kier alpha value is -2.09. The summed E-state index contributed by atoms with van der Waals surface area (Å²) in [4.78, 5) is 11.9. The molecule has 1 atom stereocenters. The van der Waals surface area contributed by atoms with E-state index in [0.717, 1.165) is 0 Å². The van der Waals surface area contributed by atoms with Crippen LogP contribution in [0.25, 0.3) is 11.4 Å². The van der Waals surface area contributed by atoms with Gasteiger partial charge in [0.05, 0.1) is 5.75 Å². The van der Waals surface area contributed by atoms with E-state index in [0.29, 0.717) is 22.5 Å². The Balaban J connectivity index is 2.01. The molecule has 0 unspecified atom stereocenters. The molecule has 0 saturated carbocycles. The number of thioether (sulfide) groups is 1. The van der Waals surface area contributed by atoms with Crippen LogP contribution in [0.3, 0.4) is 0 Å². The maximum atomic E-state index is 13.3. The molecule has 0 saturated heterocycles. The van der Waals surface area contributed by atoms with Gasteiger partial charge in [0.2, 0.25) is 11.1 Å². The molecular weight excluding hydrogens is 317 g/mol. The van der Waals surface area contributed by atoms with E-state index in [4.69, 9.17) is 5.84 Å². The molecule has 1 amide bonds. The van der Waals surface area contributed by atoms with E-state index >= 15 is 0 Å². The number of nitrogens with one attached hydrogen (secondary N) is 1. The highest BCUT2D eigenvalue weighted by Gasteiger charge is 2.15. The third-order valence-corrected chi connectivity index (χ3v) is 4.41. The Morgan fingerprint density at radius 3 is 2.78 bits per heavy atom. The lowest BCUT2D eigenvalue weighted by atomic mass is 10.1. The van der Waals surface area contributed by atoms with Gasteiger partial charge in [0.25, 0.3) is 0 Å². The number of carbonyl (C=O) groups is 1. The van der Waals surface area contributed by atoms with Crippen LogP contribution in [0.5, 0.6) is 0 Å². The minimum Gasteiger partial charge on any atom is -0.353 e. The summed E-state index contributed by atoms with van der Waals surface area (Å²) in [6.07, 6.45) is 0. The molecule has 0 fully saturated rings. The van der Waals surface area contributed by atoms with Crippen LogP contribution < -0.4 is 11.2 Å². The summed E-state index contributed by atoms with van der Waals surface area (Å²) in [5.74, 6) is 6.38. The average molecular weight is 337 g/mol. The summed E-state index contributed by atoms with van der Waals surface area (Å²) in [5, 5.41) is 11.2. The molecular formula is C15H20FN5OS. The third kappa shape index (κ3) is 4.44. The number of nitrogens with zero attached hydrogens (tertiary/aromatic N) is 3. The third-order valence-electron chi connectivity index (χ3n) is 3.47. The van der Waals surface area contributed by atoms with E-state index in [1.54, 1.807) is 12.1 Å². The molecule has 0 spiro atoms. The van der Waals surface area contributed by atoms with Crippen LogP contribution in [-0.4, -0.2) is 32.6 Å². The lowest BCUT2D eigenvalue weighted by Gasteiger charge is -2.16. The van der Waals surface area contributed by atoms with Gasteiger partial charge >= 0.3 is 0 Å². The van der Waals surface area contributed by atoms with Crippen LogP contribution in [0.2, 0.25) is 0 Å². The number of halogens is 1. The Labute approximate surface area is 138 Å². The molecule has 2 aromatic rings. The fourth-order valence-electron chi connectivity index (χ4n) is 1.79. The molecule has 0 bridgehead atoms. The van der Waals surface area contributed by atoms with E-state index in [-0.39, 0.29) is 23.5 Å². The maximum Gasteiger partial charge on any atom is 0.230 e. The second-order valence-electron chi connectivity index (χ2n) is 5.58. The number of hydrogen-bond acceptors (Lipinski definition) is 5. The number of rotatable bonds is 6. The average Bonchev–Trinajstić information content (AvgIpc) is 2.86. The smallest absolute Gasteiger partial charge is 0.230 e. The minimum atomic E-state index is -0.373. The second kappa shape index (κ2) is 7.45. The molecule has 0 aliphatic heterocycles. The summed E-state index contributed by atoms with van der Waals surface area (Å²) in [6.45, 7) is 6.04. The van der Waals surface area contributed by atoms with Gasteiger partial charge in [-0.15, -0.1) is 10.2 Å². The molecule has 124 valence electrons. The monoisotopic (exact) mass is 337 g/mol. The number of nitrogen functional groups attached to an aromatic ring is 1. The topological polar surface area (TPSA) is 85.8 Å². The van der Waals surface area contributed by atoms with Crippen molar-refractivity contribution in [2.75, 3.05) is 11.6 Å². The fourth-order valence-corrected chi connectivity index (χ4v) is 2.46. The van der Waals surface area contributed by atoms with Crippen LogP contribution in [0.4, 0.5) is 4.39 Å². The SMILES string of the molecule is CC(C)[C@H](C)NC(=O)CSc1nnc(-c2cccc(F)c2)n1N. The molecule has 2 rings (SSSR count). The van der Waals surface area contributed by atoms with Gasteiger partial charge in [-0.3, -0.25) is 4.79 Å². The second-order valence-corrected chi connectivity index (χ2v) is 6.52. The van der Waals surface area contributed by atoms with E-state index in [1.165, 1.54) is 28.6 Å². The molecule has 6 nitrogen and oxygen atoms in total. The Kier molecular flexibility index (Phi) is 5.59. The lowest BCUT2D eigenvalue weighted by Crippen LogP contribution is -2.37. The highest BCUT2D eigenvalue weighted by molar-refractivity contribution is 7.99. The van der Waals surface area contributed by atoms with Crippen molar-refractivity contribution >= 4 is 17.7 Å². The first-order chi connectivity index (χ1) is 10.9. The zero-order valence-corrected chi connectivity index (χ0v) is 14.1. The van der Waals surface area contributed by atoms with E-state index in [1.807, 2.05) is 20.8 Å². The zero-order valence-electron chi connectivity index (χ0n) is 13.3.